The minimum Gasteiger partial charge on any atom is -0.465 e. The Bertz CT molecular complexity index is 645. The lowest BCUT2D eigenvalue weighted by atomic mass is 9.86. The highest BCUT2D eigenvalue weighted by atomic mass is 16.4. The van der Waals surface area contributed by atoms with E-state index in [0.29, 0.717) is 16.2 Å². The number of hydrogen-bond donors (Lipinski definition) is 1. The first kappa shape index (κ1) is 13.7. The van der Waals surface area contributed by atoms with Gasteiger partial charge in [-0.15, -0.1) is 0 Å². The topological polar surface area (TPSA) is 93.8 Å². The molecule has 2 rings (SSSR count). The summed E-state index contributed by atoms with van der Waals surface area (Å²) in [7, 11) is 0. The third-order valence-electron chi connectivity index (χ3n) is 3.37. The van der Waals surface area contributed by atoms with Crippen molar-refractivity contribution < 1.29 is 14.7 Å². The molecule has 102 valence electrons. The fourth-order valence-corrected chi connectivity index (χ4v) is 2.37. The number of amides is 3. The number of aliphatic imine (C=N–C) groups is 1. The van der Waals surface area contributed by atoms with Gasteiger partial charge in [0.15, 0.2) is 0 Å². The summed E-state index contributed by atoms with van der Waals surface area (Å²) in [6, 6.07) is 7.45. The van der Waals surface area contributed by atoms with Gasteiger partial charge in [-0.25, -0.2) is 19.5 Å². The monoisotopic (exact) mass is 271 g/mol. The maximum Gasteiger partial charge on any atom is 0.416 e. The molecule has 20 heavy (non-hydrogen) atoms. The van der Waals surface area contributed by atoms with Gasteiger partial charge in [0.25, 0.3) is 0 Å². The quantitative estimate of drug-likeness (QED) is 0.849. The summed E-state index contributed by atoms with van der Waals surface area (Å²) >= 11 is 0. The Morgan fingerprint density at radius 3 is 2.60 bits per heavy atom. The first-order valence-corrected chi connectivity index (χ1v) is 6.03. The number of imide groups is 1. The third kappa shape index (κ3) is 2.14. The van der Waals surface area contributed by atoms with Gasteiger partial charge in [-0.05, 0) is 25.0 Å². The standard InChI is InChI=1S/C14H13N3O3/c1-8-5-3-4-6-10(8)12-11(7-15)9(2)16-13(18)17(12)14(19)20/h3-6,11-12H,1-2H3,(H,19,20). The lowest BCUT2D eigenvalue weighted by Gasteiger charge is -2.34. The number of carbonyl (C=O) groups excluding carboxylic acids is 1. The Morgan fingerprint density at radius 2 is 2.05 bits per heavy atom. The van der Waals surface area contributed by atoms with Gasteiger partial charge >= 0.3 is 12.1 Å². The third-order valence-corrected chi connectivity index (χ3v) is 3.37. The summed E-state index contributed by atoms with van der Waals surface area (Å²) in [6.07, 6.45) is -1.40. The summed E-state index contributed by atoms with van der Waals surface area (Å²) in [5.41, 5.74) is 1.80. The maximum atomic E-state index is 11.9. The van der Waals surface area contributed by atoms with Crippen LogP contribution in [0.3, 0.4) is 0 Å². The van der Waals surface area contributed by atoms with E-state index in [1.54, 1.807) is 19.1 Å². The number of carbonyl (C=O) groups is 2. The molecule has 0 fully saturated rings. The van der Waals surface area contributed by atoms with E-state index in [0.717, 1.165) is 5.56 Å². The Labute approximate surface area is 116 Å². The lowest BCUT2D eigenvalue weighted by Crippen LogP contribution is -2.46. The zero-order valence-corrected chi connectivity index (χ0v) is 11.1. The molecule has 1 aromatic carbocycles. The van der Waals surface area contributed by atoms with Crippen LogP contribution in [-0.2, 0) is 0 Å². The molecule has 2 unspecified atom stereocenters. The highest BCUT2D eigenvalue weighted by Crippen LogP contribution is 2.35. The average molecular weight is 271 g/mol. The van der Waals surface area contributed by atoms with Crippen molar-refractivity contribution in [3.63, 3.8) is 0 Å². The van der Waals surface area contributed by atoms with Crippen LogP contribution in [0.4, 0.5) is 9.59 Å². The SMILES string of the molecule is CC1=NC(=O)N(C(=O)O)C(c2ccccc2C)C1C#N. The molecule has 6 heteroatoms. The van der Waals surface area contributed by atoms with Crippen LogP contribution in [0, 0.1) is 24.2 Å². The van der Waals surface area contributed by atoms with Crippen molar-refractivity contribution >= 4 is 17.8 Å². The normalized spacial score (nSPS) is 22.1. The van der Waals surface area contributed by atoms with Crippen LogP contribution in [0.2, 0.25) is 0 Å². The molecule has 0 aromatic heterocycles. The molecule has 1 aliphatic rings. The van der Waals surface area contributed by atoms with Crippen molar-refractivity contribution in [2.24, 2.45) is 10.9 Å². The van der Waals surface area contributed by atoms with E-state index >= 15 is 0 Å². The van der Waals surface area contributed by atoms with Gasteiger partial charge < -0.3 is 5.11 Å². The smallest absolute Gasteiger partial charge is 0.416 e. The van der Waals surface area contributed by atoms with E-state index in [1.807, 2.05) is 25.1 Å². The molecule has 0 spiro atoms. The number of rotatable bonds is 1. The number of urea groups is 1. The second kappa shape index (κ2) is 5.13. The van der Waals surface area contributed by atoms with Gasteiger partial charge in [0.05, 0.1) is 12.1 Å². The van der Waals surface area contributed by atoms with Gasteiger partial charge in [0.1, 0.15) is 5.92 Å². The second-order valence-corrected chi connectivity index (χ2v) is 4.60. The summed E-state index contributed by atoms with van der Waals surface area (Å²) in [5, 5.41) is 18.6. The van der Waals surface area contributed by atoms with E-state index in [4.69, 9.17) is 0 Å². The number of carboxylic acid groups (broad SMARTS) is 1. The molecule has 1 N–H and O–H groups in total. The van der Waals surface area contributed by atoms with Crippen molar-refractivity contribution in [3.05, 3.63) is 35.4 Å². The van der Waals surface area contributed by atoms with Crippen molar-refractivity contribution in [2.45, 2.75) is 19.9 Å². The summed E-state index contributed by atoms with van der Waals surface area (Å²) in [4.78, 5) is 27.5. The van der Waals surface area contributed by atoms with E-state index in [2.05, 4.69) is 4.99 Å². The summed E-state index contributed by atoms with van der Waals surface area (Å²) < 4.78 is 0. The molecule has 1 heterocycles. The summed E-state index contributed by atoms with van der Waals surface area (Å²) in [6.45, 7) is 3.38. The Kier molecular flexibility index (Phi) is 3.53. The molecule has 2 atom stereocenters. The van der Waals surface area contributed by atoms with Crippen LogP contribution in [0.5, 0.6) is 0 Å². The first-order valence-electron chi connectivity index (χ1n) is 6.03. The van der Waals surface area contributed by atoms with E-state index in [1.165, 1.54) is 0 Å². The number of hydrogen-bond acceptors (Lipinski definition) is 3. The predicted molar refractivity (Wildman–Crippen MR) is 71.4 cm³/mol. The minimum absolute atomic E-state index is 0.336. The molecule has 0 saturated heterocycles. The zero-order chi connectivity index (χ0) is 14.9. The molecule has 0 radical (unpaired) electrons. The van der Waals surface area contributed by atoms with Crippen LogP contribution in [0.15, 0.2) is 29.3 Å². The number of aryl methyl sites for hydroxylation is 1. The van der Waals surface area contributed by atoms with Crippen LogP contribution in [0.1, 0.15) is 24.1 Å². The highest BCUT2D eigenvalue weighted by molar-refractivity contribution is 6.04. The van der Waals surface area contributed by atoms with Crippen molar-refractivity contribution in [3.8, 4) is 6.07 Å². The first-order chi connectivity index (χ1) is 9.47. The van der Waals surface area contributed by atoms with Crippen LogP contribution < -0.4 is 0 Å². The predicted octanol–water partition coefficient (Wildman–Crippen LogP) is 2.75. The molecule has 0 aliphatic carbocycles. The molecular weight excluding hydrogens is 258 g/mol. The van der Waals surface area contributed by atoms with Crippen LogP contribution >= 0.6 is 0 Å². The second-order valence-electron chi connectivity index (χ2n) is 4.60. The fraction of sp³-hybridized carbons (Fsp3) is 0.286. The van der Waals surface area contributed by atoms with Gasteiger partial charge in [0, 0.05) is 5.71 Å². The molecule has 1 aliphatic heterocycles. The average Bonchev–Trinajstić information content (AvgIpc) is 2.38. The number of benzene rings is 1. The largest absolute Gasteiger partial charge is 0.465 e. The van der Waals surface area contributed by atoms with Gasteiger partial charge in [-0.3, -0.25) is 0 Å². The molecule has 0 saturated carbocycles. The van der Waals surface area contributed by atoms with Crippen LogP contribution in [-0.4, -0.2) is 27.8 Å². The highest BCUT2D eigenvalue weighted by Gasteiger charge is 2.42. The van der Waals surface area contributed by atoms with Crippen LogP contribution in [0.25, 0.3) is 0 Å². The van der Waals surface area contributed by atoms with Gasteiger partial charge in [-0.1, -0.05) is 24.3 Å². The summed E-state index contributed by atoms with van der Waals surface area (Å²) in [5.74, 6) is -0.773. The fourth-order valence-electron chi connectivity index (χ4n) is 2.37. The van der Waals surface area contributed by atoms with Gasteiger partial charge in [0.2, 0.25) is 0 Å². The molecular formula is C14H13N3O3. The Hall–Kier alpha value is -2.68. The molecule has 3 amide bonds. The lowest BCUT2D eigenvalue weighted by molar-refractivity contribution is 0.129. The Balaban J connectivity index is 2.64. The van der Waals surface area contributed by atoms with Crippen molar-refractivity contribution in [2.75, 3.05) is 0 Å². The number of nitrogens with zero attached hydrogens (tertiary/aromatic N) is 3. The van der Waals surface area contributed by atoms with Crippen molar-refractivity contribution in [1.29, 1.82) is 5.26 Å². The van der Waals surface area contributed by atoms with E-state index in [-0.39, 0.29) is 0 Å². The molecule has 0 bridgehead atoms. The van der Waals surface area contributed by atoms with Crippen molar-refractivity contribution in [1.82, 2.24) is 4.90 Å². The zero-order valence-electron chi connectivity index (χ0n) is 11.1. The van der Waals surface area contributed by atoms with Gasteiger partial charge in [-0.2, -0.15) is 5.26 Å². The maximum absolute atomic E-state index is 11.9. The molecule has 1 aromatic rings. The molecule has 6 nitrogen and oxygen atoms in total. The number of nitriles is 1. The Morgan fingerprint density at radius 1 is 1.40 bits per heavy atom. The van der Waals surface area contributed by atoms with E-state index < -0.39 is 24.1 Å². The minimum atomic E-state index is -1.40. The van der Waals surface area contributed by atoms with E-state index in [9.17, 15) is 20.0 Å².